The summed E-state index contributed by atoms with van der Waals surface area (Å²) in [6.45, 7) is 4.88. The van der Waals surface area contributed by atoms with Gasteiger partial charge in [0.15, 0.2) is 5.96 Å². The highest BCUT2D eigenvalue weighted by atomic mass is 127. The van der Waals surface area contributed by atoms with Crippen LogP contribution in [0.25, 0.3) is 0 Å². The number of carbonyl (C=O) groups is 1. The van der Waals surface area contributed by atoms with E-state index in [2.05, 4.69) is 38.1 Å². The summed E-state index contributed by atoms with van der Waals surface area (Å²) in [7, 11) is 3.38. The number of aryl methyl sites for hydroxylation is 1. The van der Waals surface area contributed by atoms with Gasteiger partial charge >= 0.3 is 0 Å². The van der Waals surface area contributed by atoms with Gasteiger partial charge in [0.25, 0.3) is 0 Å². The Morgan fingerprint density at radius 3 is 2.72 bits per heavy atom. The molecule has 1 amide bonds. The van der Waals surface area contributed by atoms with Gasteiger partial charge in [0.1, 0.15) is 12.4 Å². The molecule has 1 aromatic rings. The lowest BCUT2D eigenvalue weighted by Crippen LogP contribution is -2.39. The molecule has 0 heterocycles. The molecule has 0 spiro atoms. The summed E-state index contributed by atoms with van der Waals surface area (Å²) in [5.74, 6) is 0.257. The summed E-state index contributed by atoms with van der Waals surface area (Å²) in [5, 5.41) is 6.19. The first kappa shape index (κ1) is 23.8. The van der Waals surface area contributed by atoms with Crippen LogP contribution in [0, 0.1) is 5.82 Å². The van der Waals surface area contributed by atoms with E-state index in [0.717, 1.165) is 10.9 Å². The SMILES string of the molecule is C=CCNC(=NCC(=O)N(C)C)NCCCc1ccc(Br)cc1F.I. The maximum atomic E-state index is 13.7. The van der Waals surface area contributed by atoms with Gasteiger partial charge in [-0.25, -0.2) is 9.38 Å². The molecule has 0 fully saturated rings. The second kappa shape index (κ2) is 13.1. The molecule has 5 nitrogen and oxygen atoms in total. The van der Waals surface area contributed by atoms with E-state index in [0.29, 0.717) is 31.0 Å². The fourth-order valence-corrected chi connectivity index (χ4v) is 2.17. The molecule has 0 saturated heterocycles. The van der Waals surface area contributed by atoms with Crippen LogP contribution in [0.3, 0.4) is 0 Å². The maximum Gasteiger partial charge on any atom is 0.243 e. The van der Waals surface area contributed by atoms with Gasteiger partial charge < -0.3 is 15.5 Å². The Morgan fingerprint density at radius 1 is 1.40 bits per heavy atom. The Bertz CT molecular complexity index is 596. The van der Waals surface area contributed by atoms with Gasteiger partial charge in [-0.05, 0) is 30.5 Å². The second-order valence-corrected chi connectivity index (χ2v) is 6.30. The van der Waals surface area contributed by atoms with Crippen molar-refractivity contribution in [3.05, 3.63) is 46.7 Å². The van der Waals surface area contributed by atoms with E-state index in [1.165, 1.54) is 11.0 Å². The van der Waals surface area contributed by atoms with E-state index >= 15 is 0 Å². The first-order chi connectivity index (χ1) is 11.4. The second-order valence-electron chi connectivity index (χ2n) is 5.39. The first-order valence-electron chi connectivity index (χ1n) is 7.71. The van der Waals surface area contributed by atoms with Crippen LogP contribution in [0.15, 0.2) is 40.3 Å². The van der Waals surface area contributed by atoms with E-state index in [-0.39, 0.29) is 42.2 Å². The number of guanidine groups is 1. The monoisotopic (exact) mass is 526 g/mol. The van der Waals surface area contributed by atoms with Gasteiger partial charge in [-0.1, -0.05) is 28.1 Å². The van der Waals surface area contributed by atoms with Crippen molar-refractivity contribution in [2.75, 3.05) is 33.7 Å². The van der Waals surface area contributed by atoms with Gasteiger partial charge in [-0.15, -0.1) is 30.6 Å². The van der Waals surface area contributed by atoms with Crippen LogP contribution in [0.4, 0.5) is 4.39 Å². The summed E-state index contributed by atoms with van der Waals surface area (Å²) < 4.78 is 14.5. The minimum atomic E-state index is -0.209. The Labute approximate surface area is 174 Å². The predicted molar refractivity (Wildman–Crippen MR) is 115 cm³/mol. The van der Waals surface area contributed by atoms with Gasteiger partial charge in [-0.2, -0.15) is 0 Å². The third-order valence-electron chi connectivity index (χ3n) is 3.22. The molecule has 1 rings (SSSR count). The number of hydrogen-bond acceptors (Lipinski definition) is 2. The number of benzene rings is 1. The Balaban J connectivity index is 0.00000576. The van der Waals surface area contributed by atoms with Crippen LogP contribution in [-0.2, 0) is 11.2 Å². The molecule has 0 aromatic heterocycles. The molecule has 2 N–H and O–H groups in total. The summed E-state index contributed by atoms with van der Waals surface area (Å²) >= 11 is 3.24. The van der Waals surface area contributed by atoms with Crippen molar-refractivity contribution in [2.24, 2.45) is 4.99 Å². The predicted octanol–water partition coefficient (Wildman–Crippen LogP) is 2.95. The molecule has 0 atom stereocenters. The van der Waals surface area contributed by atoms with E-state index in [4.69, 9.17) is 0 Å². The molecule has 0 saturated carbocycles. The van der Waals surface area contributed by atoms with Gasteiger partial charge in [0.2, 0.25) is 5.91 Å². The number of hydrogen-bond donors (Lipinski definition) is 2. The van der Waals surface area contributed by atoms with Gasteiger partial charge in [0, 0.05) is 31.7 Å². The Kier molecular flexibility index (Phi) is 12.5. The maximum absolute atomic E-state index is 13.7. The zero-order chi connectivity index (χ0) is 17.9. The summed E-state index contributed by atoms with van der Waals surface area (Å²) in [4.78, 5) is 17.3. The normalized spacial score (nSPS) is 10.6. The van der Waals surface area contributed by atoms with E-state index in [9.17, 15) is 9.18 Å². The number of halogens is 3. The third kappa shape index (κ3) is 9.78. The van der Waals surface area contributed by atoms with Crippen LogP contribution in [0.1, 0.15) is 12.0 Å². The van der Waals surface area contributed by atoms with Gasteiger partial charge in [-0.3, -0.25) is 4.79 Å². The number of nitrogens with one attached hydrogen (secondary N) is 2. The zero-order valence-electron chi connectivity index (χ0n) is 14.5. The average Bonchev–Trinajstić information content (AvgIpc) is 2.54. The molecule has 0 bridgehead atoms. The molecule has 0 aliphatic heterocycles. The van der Waals surface area contributed by atoms with E-state index < -0.39 is 0 Å². The number of amides is 1. The average molecular weight is 527 g/mol. The topological polar surface area (TPSA) is 56.7 Å². The van der Waals surface area contributed by atoms with Crippen LogP contribution < -0.4 is 10.6 Å². The minimum Gasteiger partial charge on any atom is -0.356 e. The minimum absolute atomic E-state index is 0. The molecular formula is C17H25BrFIN4O. The lowest BCUT2D eigenvalue weighted by Gasteiger charge is -2.13. The molecular weight excluding hydrogens is 502 g/mol. The van der Waals surface area contributed by atoms with Crippen molar-refractivity contribution >= 4 is 51.8 Å². The van der Waals surface area contributed by atoms with Crippen molar-refractivity contribution in [3.8, 4) is 0 Å². The first-order valence-corrected chi connectivity index (χ1v) is 8.50. The van der Waals surface area contributed by atoms with E-state index in [1.54, 1.807) is 26.2 Å². The largest absolute Gasteiger partial charge is 0.356 e. The molecule has 0 radical (unpaired) electrons. The van der Waals surface area contributed by atoms with Crippen molar-refractivity contribution in [1.82, 2.24) is 15.5 Å². The quantitative estimate of drug-likeness (QED) is 0.180. The third-order valence-corrected chi connectivity index (χ3v) is 3.71. The number of carbonyl (C=O) groups excluding carboxylic acids is 1. The number of aliphatic imine (C=N–C) groups is 1. The molecule has 140 valence electrons. The molecule has 25 heavy (non-hydrogen) atoms. The van der Waals surface area contributed by atoms with E-state index in [1.807, 2.05) is 6.07 Å². The zero-order valence-corrected chi connectivity index (χ0v) is 18.4. The summed E-state index contributed by atoms with van der Waals surface area (Å²) in [6, 6.07) is 5.07. The summed E-state index contributed by atoms with van der Waals surface area (Å²) in [6.07, 6.45) is 3.08. The lowest BCUT2D eigenvalue weighted by molar-refractivity contribution is -0.127. The Morgan fingerprint density at radius 2 is 2.12 bits per heavy atom. The molecule has 1 aromatic carbocycles. The van der Waals surface area contributed by atoms with Crippen LogP contribution in [0.5, 0.6) is 0 Å². The highest BCUT2D eigenvalue weighted by Gasteiger charge is 2.05. The van der Waals surface area contributed by atoms with Crippen LogP contribution in [-0.4, -0.2) is 50.5 Å². The highest BCUT2D eigenvalue weighted by molar-refractivity contribution is 14.0. The van der Waals surface area contributed by atoms with Crippen molar-refractivity contribution in [3.63, 3.8) is 0 Å². The van der Waals surface area contributed by atoms with Crippen molar-refractivity contribution in [1.29, 1.82) is 0 Å². The molecule has 0 unspecified atom stereocenters. The molecule has 8 heteroatoms. The lowest BCUT2D eigenvalue weighted by atomic mass is 10.1. The fraction of sp³-hybridized carbons (Fsp3) is 0.412. The number of likely N-dealkylation sites (N-methyl/N-ethyl adjacent to an activating group) is 1. The number of rotatable bonds is 8. The summed E-state index contributed by atoms with van der Waals surface area (Å²) in [5.41, 5.74) is 0.681. The van der Waals surface area contributed by atoms with Crippen molar-refractivity contribution < 1.29 is 9.18 Å². The highest BCUT2D eigenvalue weighted by Crippen LogP contribution is 2.16. The smallest absolute Gasteiger partial charge is 0.243 e. The van der Waals surface area contributed by atoms with Gasteiger partial charge in [0.05, 0.1) is 0 Å². The molecule has 0 aliphatic rings. The van der Waals surface area contributed by atoms with Crippen LogP contribution in [0.2, 0.25) is 0 Å². The number of nitrogens with zero attached hydrogens (tertiary/aromatic N) is 2. The Hall–Kier alpha value is -1.16. The molecule has 0 aliphatic carbocycles. The fourth-order valence-electron chi connectivity index (χ4n) is 1.84. The van der Waals surface area contributed by atoms with Crippen molar-refractivity contribution in [2.45, 2.75) is 12.8 Å². The standard InChI is InChI=1S/C17H24BrFN4O.HI/c1-4-9-20-17(22-12-16(24)23(2)3)21-10-5-6-13-7-8-14(18)11-15(13)19;/h4,7-8,11H,1,5-6,9-10,12H2,2-3H3,(H2,20,21,22);1H. The van der Waals surface area contributed by atoms with Crippen LogP contribution >= 0.6 is 39.9 Å².